The Balaban J connectivity index is 1.92. The first-order chi connectivity index (χ1) is 11.6. The van der Waals surface area contributed by atoms with E-state index < -0.39 is 5.92 Å². The van der Waals surface area contributed by atoms with Gasteiger partial charge in [0.2, 0.25) is 5.88 Å². The molecule has 0 saturated heterocycles. The summed E-state index contributed by atoms with van der Waals surface area (Å²) in [5.41, 5.74) is 7.50. The molecule has 0 aromatic heterocycles. The lowest BCUT2D eigenvalue weighted by molar-refractivity contribution is 0.0976. The minimum atomic E-state index is -0.408. The highest BCUT2D eigenvalue weighted by Crippen LogP contribution is 2.40. The molecule has 0 amide bonds. The highest BCUT2D eigenvalue weighted by atomic mass is 16.5. The quantitative estimate of drug-likeness (QED) is 0.875. The van der Waals surface area contributed by atoms with Crippen molar-refractivity contribution in [2.75, 3.05) is 7.11 Å². The van der Waals surface area contributed by atoms with Crippen LogP contribution in [0.15, 0.2) is 60.0 Å². The topological polar surface area (TPSA) is 85.3 Å². The van der Waals surface area contributed by atoms with Crippen molar-refractivity contribution >= 4 is 5.78 Å². The van der Waals surface area contributed by atoms with Crippen molar-refractivity contribution < 1.29 is 14.3 Å². The molecule has 3 rings (SSSR count). The molecule has 2 aromatic rings. The molecular weight excluding hydrogens is 304 g/mol. The molecule has 0 radical (unpaired) electrons. The van der Waals surface area contributed by atoms with Gasteiger partial charge < -0.3 is 15.2 Å². The SMILES string of the molecule is COc1ccc(C(=O)CC2C(C#N)=C(N)Oc3ccccc32)cc1. The van der Waals surface area contributed by atoms with Crippen LogP contribution in [0.3, 0.4) is 0 Å². The number of hydrogen-bond acceptors (Lipinski definition) is 5. The fraction of sp³-hybridized carbons (Fsp3) is 0.158. The molecular formula is C19H16N2O3. The summed E-state index contributed by atoms with van der Waals surface area (Å²) in [4.78, 5) is 12.6. The van der Waals surface area contributed by atoms with Gasteiger partial charge in [-0.25, -0.2) is 0 Å². The number of fused-ring (bicyclic) bond motifs is 1. The number of Topliss-reactive ketones (excluding diaryl/α,β-unsaturated/α-hetero) is 1. The van der Waals surface area contributed by atoms with E-state index in [0.717, 1.165) is 5.56 Å². The number of nitrogens with two attached hydrogens (primary N) is 1. The summed E-state index contributed by atoms with van der Waals surface area (Å²) < 4.78 is 10.6. The van der Waals surface area contributed by atoms with E-state index in [9.17, 15) is 10.1 Å². The van der Waals surface area contributed by atoms with Gasteiger partial charge in [-0.2, -0.15) is 5.26 Å². The Bertz CT molecular complexity index is 848. The highest BCUT2D eigenvalue weighted by Gasteiger charge is 2.30. The number of rotatable bonds is 4. The lowest BCUT2D eigenvalue weighted by Crippen LogP contribution is -2.22. The predicted octanol–water partition coefficient (Wildman–Crippen LogP) is 3.14. The number of para-hydroxylation sites is 1. The minimum absolute atomic E-state index is 0.0590. The maximum absolute atomic E-state index is 12.6. The Kier molecular flexibility index (Phi) is 4.21. The molecule has 1 heterocycles. The fourth-order valence-electron chi connectivity index (χ4n) is 2.79. The van der Waals surface area contributed by atoms with Crippen LogP contribution >= 0.6 is 0 Å². The average molecular weight is 320 g/mol. The molecule has 1 unspecified atom stereocenters. The summed E-state index contributed by atoms with van der Waals surface area (Å²) in [6, 6.07) is 16.3. The summed E-state index contributed by atoms with van der Waals surface area (Å²) in [6.07, 6.45) is 0.149. The van der Waals surface area contributed by atoms with Crippen molar-refractivity contribution in [2.24, 2.45) is 5.73 Å². The van der Waals surface area contributed by atoms with Gasteiger partial charge in [-0.1, -0.05) is 18.2 Å². The van der Waals surface area contributed by atoms with Crippen molar-refractivity contribution in [1.29, 1.82) is 5.26 Å². The third-order valence-corrected chi connectivity index (χ3v) is 4.05. The average Bonchev–Trinajstić information content (AvgIpc) is 2.61. The van der Waals surface area contributed by atoms with Gasteiger partial charge in [0.25, 0.3) is 0 Å². The van der Waals surface area contributed by atoms with Gasteiger partial charge in [0.05, 0.1) is 12.7 Å². The lowest BCUT2D eigenvalue weighted by atomic mass is 9.84. The zero-order valence-electron chi connectivity index (χ0n) is 13.2. The number of hydrogen-bond donors (Lipinski definition) is 1. The summed E-state index contributed by atoms with van der Waals surface area (Å²) in [5, 5.41) is 9.41. The second-order valence-electron chi connectivity index (χ2n) is 5.44. The Morgan fingerprint density at radius 1 is 1.25 bits per heavy atom. The van der Waals surface area contributed by atoms with Crippen LogP contribution in [-0.4, -0.2) is 12.9 Å². The molecule has 0 fully saturated rings. The number of benzene rings is 2. The Morgan fingerprint density at radius 3 is 2.62 bits per heavy atom. The Morgan fingerprint density at radius 2 is 1.96 bits per heavy atom. The van der Waals surface area contributed by atoms with E-state index in [0.29, 0.717) is 17.1 Å². The maximum Gasteiger partial charge on any atom is 0.205 e. The summed E-state index contributed by atoms with van der Waals surface area (Å²) in [7, 11) is 1.57. The molecule has 2 aromatic carbocycles. The van der Waals surface area contributed by atoms with Crippen molar-refractivity contribution in [3.05, 3.63) is 71.1 Å². The van der Waals surface area contributed by atoms with E-state index in [1.807, 2.05) is 18.2 Å². The number of carbonyl (C=O) groups excluding carboxylic acids is 1. The minimum Gasteiger partial charge on any atom is -0.497 e. The van der Waals surface area contributed by atoms with Crippen molar-refractivity contribution in [3.63, 3.8) is 0 Å². The first-order valence-electron chi connectivity index (χ1n) is 7.47. The van der Waals surface area contributed by atoms with Crippen LogP contribution in [-0.2, 0) is 0 Å². The van der Waals surface area contributed by atoms with Gasteiger partial charge in [-0.05, 0) is 30.3 Å². The number of ketones is 1. The molecule has 0 bridgehead atoms. The van der Waals surface area contributed by atoms with E-state index in [-0.39, 0.29) is 23.7 Å². The molecule has 0 spiro atoms. The molecule has 24 heavy (non-hydrogen) atoms. The molecule has 2 N–H and O–H groups in total. The van der Waals surface area contributed by atoms with Crippen molar-refractivity contribution in [1.82, 2.24) is 0 Å². The zero-order valence-corrected chi connectivity index (χ0v) is 13.2. The molecule has 1 aliphatic heterocycles. The standard InChI is InChI=1S/C19H16N2O3/c1-23-13-8-6-12(7-9-13)17(22)10-15-14-4-2-3-5-18(14)24-19(21)16(15)11-20/h2-9,15H,10,21H2,1H3. The van der Waals surface area contributed by atoms with Crippen LogP contribution in [0.4, 0.5) is 0 Å². The van der Waals surface area contributed by atoms with Crippen LogP contribution in [0.2, 0.25) is 0 Å². The van der Waals surface area contributed by atoms with Crippen molar-refractivity contribution in [2.45, 2.75) is 12.3 Å². The predicted molar refractivity (Wildman–Crippen MR) is 88.6 cm³/mol. The van der Waals surface area contributed by atoms with E-state index in [4.69, 9.17) is 15.2 Å². The number of allylic oxidation sites excluding steroid dienone is 1. The fourth-order valence-corrected chi connectivity index (χ4v) is 2.79. The van der Waals surface area contributed by atoms with Gasteiger partial charge in [0.15, 0.2) is 5.78 Å². The van der Waals surface area contributed by atoms with E-state index >= 15 is 0 Å². The third kappa shape index (κ3) is 2.82. The van der Waals surface area contributed by atoms with Crippen LogP contribution in [0.1, 0.15) is 28.3 Å². The first kappa shape index (κ1) is 15.6. The van der Waals surface area contributed by atoms with Gasteiger partial charge in [0.1, 0.15) is 17.6 Å². The van der Waals surface area contributed by atoms with Crippen LogP contribution < -0.4 is 15.2 Å². The number of nitrogens with zero attached hydrogens (tertiary/aromatic N) is 1. The monoisotopic (exact) mass is 320 g/mol. The van der Waals surface area contributed by atoms with Gasteiger partial charge in [0, 0.05) is 23.5 Å². The summed E-state index contributed by atoms with van der Waals surface area (Å²) in [5.74, 6) is 0.851. The van der Waals surface area contributed by atoms with Gasteiger partial charge in [-0.3, -0.25) is 4.79 Å². The number of ether oxygens (including phenoxy) is 2. The number of carbonyl (C=O) groups is 1. The largest absolute Gasteiger partial charge is 0.497 e. The maximum atomic E-state index is 12.6. The smallest absolute Gasteiger partial charge is 0.205 e. The Labute approximate surface area is 139 Å². The second-order valence-corrected chi connectivity index (χ2v) is 5.44. The first-order valence-corrected chi connectivity index (χ1v) is 7.47. The van der Waals surface area contributed by atoms with Crippen LogP contribution in [0, 0.1) is 11.3 Å². The highest BCUT2D eigenvalue weighted by molar-refractivity contribution is 5.97. The molecule has 1 atom stereocenters. The van der Waals surface area contributed by atoms with E-state index in [2.05, 4.69) is 6.07 Å². The van der Waals surface area contributed by atoms with Gasteiger partial charge >= 0.3 is 0 Å². The molecule has 5 heteroatoms. The van der Waals surface area contributed by atoms with E-state index in [1.165, 1.54) is 0 Å². The van der Waals surface area contributed by atoms with Gasteiger partial charge in [-0.15, -0.1) is 0 Å². The normalized spacial score (nSPS) is 15.9. The molecule has 0 saturated carbocycles. The summed E-state index contributed by atoms with van der Waals surface area (Å²) in [6.45, 7) is 0. The molecule has 5 nitrogen and oxygen atoms in total. The van der Waals surface area contributed by atoms with E-state index in [1.54, 1.807) is 37.4 Å². The Hall–Kier alpha value is -3.26. The van der Waals surface area contributed by atoms with Crippen molar-refractivity contribution in [3.8, 4) is 17.6 Å². The van der Waals surface area contributed by atoms with Crippen LogP contribution in [0.25, 0.3) is 0 Å². The molecule has 0 aliphatic carbocycles. The lowest BCUT2D eigenvalue weighted by Gasteiger charge is -2.25. The second kappa shape index (κ2) is 6.47. The molecule has 1 aliphatic rings. The molecule has 120 valence electrons. The third-order valence-electron chi connectivity index (χ3n) is 4.05. The zero-order chi connectivity index (χ0) is 17.1. The van der Waals surface area contributed by atoms with Crippen LogP contribution in [0.5, 0.6) is 11.5 Å². The number of nitriles is 1. The number of methoxy groups -OCH3 is 1. The summed E-state index contributed by atoms with van der Waals surface area (Å²) >= 11 is 0.